The van der Waals surface area contributed by atoms with Crippen molar-refractivity contribution in [1.29, 1.82) is 0 Å². The van der Waals surface area contributed by atoms with Crippen molar-refractivity contribution >= 4 is 11.4 Å². The van der Waals surface area contributed by atoms with Gasteiger partial charge in [-0.1, -0.05) is 0 Å². The van der Waals surface area contributed by atoms with Crippen molar-refractivity contribution in [2.75, 3.05) is 5.32 Å². The van der Waals surface area contributed by atoms with E-state index in [4.69, 9.17) is 0 Å². The van der Waals surface area contributed by atoms with E-state index in [1.54, 1.807) is 24.5 Å². The number of H-pyrrole nitrogens is 1. The SMILES string of the molecule is CC(Nc1ccc([N+](=O)[O-])cc1)c1ncc[nH]1. The summed E-state index contributed by atoms with van der Waals surface area (Å²) in [6.07, 6.45) is 3.44. The number of nitro groups is 1. The second-order valence-corrected chi connectivity index (χ2v) is 3.64. The predicted molar refractivity (Wildman–Crippen MR) is 63.7 cm³/mol. The number of nitrogens with zero attached hydrogens (tertiary/aromatic N) is 2. The van der Waals surface area contributed by atoms with Crippen LogP contribution in [0.25, 0.3) is 0 Å². The second kappa shape index (κ2) is 4.65. The Morgan fingerprint density at radius 2 is 2.12 bits per heavy atom. The maximum absolute atomic E-state index is 10.5. The Morgan fingerprint density at radius 3 is 2.65 bits per heavy atom. The number of non-ortho nitro benzene ring substituents is 1. The molecule has 0 radical (unpaired) electrons. The number of imidazole rings is 1. The molecule has 0 saturated carbocycles. The van der Waals surface area contributed by atoms with E-state index in [-0.39, 0.29) is 11.7 Å². The van der Waals surface area contributed by atoms with E-state index in [9.17, 15) is 10.1 Å². The van der Waals surface area contributed by atoms with E-state index >= 15 is 0 Å². The number of hydrogen-bond acceptors (Lipinski definition) is 4. The summed E-state index contributed by atoms with van der Waals surface area (Å²) in [4.78, 5) is 17.2. The van der Waals surface area contributed by atoms with Crippen LogP contribution in [0.3, 0.4) is 0 Å². The van der Waals surface area contributed by atoms with E-state index in [2.05, 4.69) is 15.3 Å². The van der Waals surface area contributed by atoms with Crippen molar-refractivity contribution in [2.24, 2.45) is 0 Å². The van der Waals surface area contributed by atoms with Gasteiger partial charge in [0.25, 0.3) is 5.69 Å². The Balaban J connectivity index is 2.06. The maximum Gasteiger partial charge on any atom is 0.269 e. The molecule has 6 nitrogen and oxygen atoms in total. The summed E-state index contributed by atoms with van der Waals surface area (Å²) >= 11 is 0. The van der Waals surface area contributed by atoms with Gasteiger partial charge in [0.2, 0.25) is 0 Å². The zero-order chi connectivity index (χ0) is 12.3. The minimum Gasteiger partial charge on any atom is -0.375 e. The molecule has 0 aliphatic carbocycles. The third kappa shape index (κ3) is 2.60. The van der Waals surface area contributed by atoms with Crippen molar-refractivity contribution in [2.45, 2.75) is 13.0 Å². The molecular weight excluding hydrogens is 220 g/mol. The second-order valence-electron chi connectivity index (χ2n) is 3.64. The monoisotopic (exact) mass is 232 g/mol. The average molecular weight is 232 g/mol. The van der Waals surface area contributed by atoms with Crippen LogP contribution < -0.4 is 5.32 Å². The van der Waals surface area contributed by atoms with Gasteiger partial charge in [0.15, 0.2) is 0 Å². The fourth-order valence-electron chi connectivity index (χ4n) is 1.51. The summed E-state index contributed by atoms with van der Waals surface area (Å²) in [5, 5.41) is 13.7. The molecule has 1 heterocycles. The first-order chi connectivity index (χ1) is 8.16. The highest BCUT2D eigenvalue weighted by Crippen LogP contribution is 2.19. The molecule has 2 N–H and O–H groups in total. The van der Waals surface area contributed by atoms with Crippen LogP contribution in [0.2, 0.25) is 0 Å². The van der Waals surface area contributed by atoms with Crippen molar-refractivity contribution < 1.29 is 4.92 Å². The molecule has 1 aromatic carbocycles. The molecule has 1 aromatic heterocycles. The van der Waals surface area contributed by atoms with Crippen LogP contribution >= 0.6 is 0 Å². The van der Waals surface area contributed by atoms with Gasteiger partial charge in [0.1, 0.15) is 5.82 Å². The summed E-state index contributed by atoms with van der Waals surface area (Å²) in [6, 6.07) is 6.32. The normalized spacial score (nSPS) is 12.1. The molecule has 17 heavy (non-hydrogen) atoms. The molecule has 0 saturated heterocycles. The Bertz CT molecular complexity index is 493. The molecule has 1 unspecified atom stereocenters. The largest absolute Gasteiger partial charge is 0.375 e. The summed E-state index contributed by atoms with van der Waals surface area (Å²) in [7, 11) is 0. The minimum atomic E-state index is -0.417. The van der Waals surface area contributed by atoms with Crippen LogP contribution in [0.4, 0.5) is 11.4 Å². The highest BCUT2D eigenvalue weighted by atomic mass is 16.6. The molecule has 2 aromatic rings. The number of rotatable bonds is 4. The number of nitro benzene ring substituents is 1. The van der Waals surface area contributed by atoms with Crippen LogP contribution in [0.15, 0.2) is 36.7 Å². The van der Waals surface area contributed by atoms with Gasteiger partial charge in [-0.3, -0.25) is 10.1 Å². The number of benzene rings is 1. The van der Waals surface area contributed by atoms with Crippen LogP contribution in [-0.4, -0.2) is 14.9 Å². The fraction of sp³-hybridized carbons (Fsp3) is 0.182. The number of hydrogen-bond donors (Lipinski definition) is 2. The van der Waals surface area contributed by atoms with Gasteiger partial charge >= 0.3 is 0 Å². The smallest absolute Gasteiger partial charge is 0.269 e. The van der Waals surface area contributed by atoms with Crippen LogP contribution in [0, 0.1) is 10.1 Å². The van der Waals surface area contributed by atoms with Crippen molar-refractivity contribution in [3.63, 3.8) is 0 Å². The molecule has 0 aliphatic rings. The van der Waals surface area contributed by atoms with E-state index in [1.165, 1.54) is 12.1 Å². The molecule has 0 fully saturated rings. The third-order valence-electron chi connectivity index (χ3n) is 2.39. The van der Waals surface area contributed by atoms with Gasteiger partial charge in [-0.2, -0.15) is 0 Å². The summed E-state index contributed by atoms with van der Waals surface area (Å²) in [6.45, 7) is 1.96. The molecule has 0 amide bonds. The van der Waals surface area contributed by atoms with Gasteiger partial charge in [0.05, 0.1) is 11.0 Å². The highest BCUT2D eigenvalue weighted by Gasteiger charge is 2.08. The lowest BCUT2D eigenvalue weighted by molar-refractivity contribution is -0.384. The van der Waals surface area contributed by atoms with Crippen molar-refractivity contribution in [3.8, 4) is 0 Å². The van der Waals surface area contributed by atoms with Gasteiger partial charge in [-0.05, 0) is 19.1 Å². The lowest BCUT2D eigenvalue weighted by atomic mass is 10.2. The summed E-state index contributed by atoms with van der Waals surface area (Å²) < 4.78 is 0. The average Bonchev–Trinajstić information content (AvgIpc) is 2.83. The number of aromatic nitrogens is 2. The van der Waals surface area contributed by atoms with E-state index < -0.39 is 4.92 Å². The third-order valence-corrected chi connectivity index (χ3v) is 2.39. The Hall–Kier alpha value is -2.37. The molecule has 2 rings (SSSR count). The zero-order valence-electron chi connectivity index (χ0n) is 9.25. The molecule has 88 valence electrons. The van der Waals surface area contributed by atoms with E-state index in [0.717, 1.165) is 11.5 Å². The maximum atomic E-state index is 10.5. The highest BCUT2D eigenvalue weighted by molar-refractivity contribution is 5.49. The van der Waals surface area contributed by atoms with E-state index in [0.29, 0.717) is 0 Å². The molecule has 1 atom stereocenters. The number of anilines is 1. The van der Waals surface area contributed by atoms with Gasteiger partial charge in [-0.15, -0.1) is 0 Å². The van der Waals surface area contributed by atoms with Crippen molar-refractivity contribution in [1.82, 2.24) is 9.97 Å². The lowest BCUT2D eigenvalue weighted by Crippen LogP contribution is -2.08. The van der Waals surface area contributed by atoms with Crippen LogP contribution in [0.5, 0.6) is 0 Å². The van der Waals surface area contributed by atoms with Gasteiger partial charge in [-0.25, -0.2) is 4.98 Å². The predicted octanol–water partition coefficient (Wildman–Crippen LogP) is 2.49. The standard InChI is InChI=1S/C11H12N4O2/c1-8(11-12-6-7-13-11)14-9-2-4-10(5-3-9)15(16)17/h2-8,14H,1H3,(H,12,13). The van der Waals surface area contributed by atoms with Crippen LogP contribution in [0.1, 0.15) is 18.8 Å². The fourth-order valence-corrected chi connectivity index (χ4v) is 1.51. The Labute approximate surface area is 97.9 Å². The van der Waals surface area contributed by atoms with Gasteiger partial charge in [0, 0.05) is 30.2 Å². The molecule has 0 aliphatic heterocycles. The molecule has 6 heteroatoms. The number of nitrogens with one attached hydrogen (secondary N) is 2. The Kier molecular flexibility index (Phi) is 3.04. The first-order valence-corrected chi connectivity index (χ1v) is 5.17. The topological polar surface area (TPSA) is 83.8 Å². The number of aromatic amines is 1. The molecule has 0 spiro atoms. The summed E-state index contributed by atoms with van der Waals surface area (Å²) in [5.74, 6) is 0.823. The molecule has 0 bridgehead atoms. The van der Waals surface area contributed by atoms with Crippen molar-refractivity contribution in [3.05, 3.63) is 52.6 Å². The van der Waals surface area contributed by atoms with Gasteiger partial charge < -0.3 is 10.3 Å². The Morgan fingerprint density at radius 1 is 1.41 bits per heavy atom. The first-order valence-electron chi connectivity index (χ1n) is 5.17. The van der Waals surface area contributed by atoms with E-state index in [1.807, 2.05) is 6.92 Å². The minimum absolute atomic E-state index is 0.0199. The lowest BCUT2D eigenvalue weighted by Gasteiger charge is -2.12. The zero-order valence-corrected chi connectivity index (χ0v) is 9.25. The summed E-state index contributed by atoms with van der Waals surface area (Å²) in [5.41, 5.74) is 0.903. The van der Waals surface area contributed by atoms with Crippen LogP contribution in [-0.2, 0) is 0 Å². The first kappa shape index (κ1) is 11.1. The quantitative estimate of drug-likeness (QED) is 0.626. The molecular formula is C11H12N4O2.